The van der Waals surface area contributed by atoms with Crippen LogP contribution in [0.5, 0.6) is 0 Å². The second-order valence-corrected chi connectivity index (χ2v) is 12.4. The van der Waals surface area contributed by atoms with Gasteiger partial charge in [-0.15, -0.1) is 11.3 Å². The van der Waals surface area contributed by atoms with Crippen molar-refractivity contribution in [1.82, 2.24) is 9.21 Å². The summed E-state index contributed by atoms with van der Waals surface area (Å²) in [6.45, 7) is 2.41. The molecule has 4 rings (SSSR count). The lowest BCUT2D eigenvalue weighted by Gasteiger charge is -2.37. The number of hydrogen-bond donors (Lipinski definition) is 0. The fourth-order valence-corrected chi connectivity index (χ4v) is 7.96. The minimum absolute atomic E-state index is 0.0650. The summed E-state index contributed by atoms with van der Waals surface area (Å²) in [5, 5.41) is 0. The summed E-state index contributed by atoms with van der Waals surface area (Å²) in [4.78, 5) is 15.0. The van der Waals surface area contributed by atoms with Crippen LogP contribution in [0.1, 0.15) is 37.2 Å². The van der Waals surface area contributed by atoms with E-state index in [-0.39, 0.29) is 11.8 Å². The van der Waals surface area contributed by atoms with Crippen molar-refractivity contribution in [3.63, 3.8) is 0 Å². The van der Waals surface area contributed by atoms with Crippen LogP contribution < -0.4 is 0 Å². The highest BCUT2D eigenvalue weighted by Crippen LogP contribution is 2.32. The van der Waals surface area contributed by atoms with Crippen LogP contribution in [-0.2, 0) is 14.8 Å². The van der Waals surface area contributed by atoms with Gasteiger partial charge in [0.1, 0.15) is 4.21 Å². The van der Waals surface area contributed by atoms with E-state index in [1.807, 2.05) is 11.0 Å². The summed E-state index contributed by atoms with van der Waals surface area (Å²) >= 11 is 4.55. The molecule has 2 aliphatic heterocycles. The van der Waals surface area contributed by atoms with Crippen molar-refractivity contribution in [1.29, 1.82) is 0 Å². The second kappa shape index (κ2) is 8.88. The SMILES string of the molecule is O=C(C1CCN(S(=O)(=O)c2ccc(Br)s2)CC1)N1CCC(c2ccccc2)CC1. The number of amides is 1. The van der Waals surface area contributed by atoms with Crippen molar-refractivity contribution in [2.45, 2.75) is 35.8 Å². The number of halogens is 1. The van der Waals surface area contributed by atoms with Gasteiger partial charge in [0.15, 0.2) is 0 Å². The minimum Gasteiger partial charge on any atom is -0.342 e. The van der Waals surface area contributed by atoms with Crippen LogP contribution in [0.2, 0.25) is 0 Å². The predicted molar refractivity (Wildman–Crippen MR) is 118 cm³/mol. The number of thiophene rings is 1. The summed E-state index contributed by atoms with van der Waals surface area (Å²) in [6.07, 6.45) is 3.19. The third-order valence-electron chi connectivity index (χ3n) is 6.02. The number of carbonyl (C=O) groups excluding carboxylic acids is 1. The van der Waals surface area contributed by atoms with Crippen LogP contribution in [0.4, 0.5) is 0 Å². The third-order valence-corrected chi connectivity index (χ3v) is 10.0. The highest BCUT2D eigenvalue weighted by Gasteiger charge is 2.35. The molecular formula is C21H25BrN2O3S2. The molecule has 8 heteroatoms. The van der Waals surface area contributed by atoms with E-state index in [1.54, 1.807) is 12.1 Å². The molecule has 2 aromatic rings. The number of sulfonamides is 1. The first-order chi connectivity index (χ1) is 13.9. The molecule has 156 valence electrons. The maximum Gasteiger partial charge on any atom is 0.252 e. The molecule has 0 radical (unpaired) electrons. The normalized spacial score (nSPS) is 20.1. The van der Waals surface area contributed by atoms with Gasteiger partial charge in [0.2, 0.25) is 5.91 Å². The van der Waals surface area contributed by atoms with Gasteiger partial charge in [-0.2, -0.15) is 4.31 Å². The Bertz CT molecular complexity index is 945. The fraction of sp³-hybridized carbons (Fsp3) is 0.476. The van der Waals surface area contributed by atoms with E-state index in [2.05, 4.69) is 40.2 Å². The van der Waals surface area contributed by atoms with Gasteiger partial charge in [-0.25, -0.2) is 8.42 Å². The van der Waals surface area contributed by atoms with Gasteiger partial charge in [0.05, 0.1) is 3.79 Å². The number of hydrogen-bond acceptors (Lipinski definition) is 4. The topological polar surface area (TPSA) is 57.7 Å². The van der Waals surface area contributed by atoms with Gasteiger partial charge in [-0.05, 0) is 65.2 Å². The second-order valence-electron chi connectivity index (χ2n) is 7.75. The molecule has 1 amide bonds. The van der Waals surface area contributed by atoms with E-state index >= 15 is 0 Å². The molecule has 0 saturated carbocycles. The Hall–Kier alpha value is -1.22. The molecule has 0 aliphatic carbocycles. The maximum absolute atomic E-state index is 13.0. The Morgan fingerprint density at radius 2 is 1.59 bits per heavy atom. The Morgan fingerprint density at radius 1 is 0.931 bits per heavy atom. The zero-order valence-corrected chi connectivity index (χ0v) is 19.4. The number of carbonyl (C=O) groups is 1. The largest absolute Gasteiger partial charge is 0.342 e. The van der Waals surface area contributed by atoms with Gasteiger partial charge in [-0.3, -0.25) is 4.79 Å². The number of piperidine rings is 2. The van der Waals surface area contributed by atoms with Crippen LogP contribution in [0.15, 0.2) is 50.5 Å². The molecule has 29 heavy (non-hydrogen) atoms. The maximum atomic E-state index is 13.0. The van der Waals surface area contributed by atoms with Crippen molar-refractivity contribution in [3.8, 4) is 0 Å². The smallest absolute Gasteiger partial charge is 0.252 e. The zero-order chi connectivity index (χ0) is 20.4. The summed E-state index contributed by atoms with van der Waals surface area (Å²) in [6, 6.07) is 13.9. The molecule has 2 fully saturated rings. The van der Waals surface area contributed by atoms with Gasteiger partial charge >= 0.3 is 0 Å². The fourth-order valence-electron chi connectivity index (χ4n) is 4.32. The first kappa shape index (κ1) is 21.0. The lowest BCUT2D eigenvalue weighted by atomic mass is 9.88. The number of benzene rings is 1. The third kappa shape index (κ3) is 4.60. The van der Waals surface area contributed by atoms with Gasteiger partial charge in [-0.1, -0.05) is 30.3 Å². The molecule has 2 saturated heterocycles. The summed E-state index contributed by atoms with van der Waals surface area (Å²) in [5.41, 5.74) is 1.36. The Kier molecular flexibility index (Phi) is 6.44. The molecule has 0 bridgehead atoms. The van der Waals surface area contributed by atoms with Crippen molar-refractivity contribution in [3.05, 3.63) is 51.8 Å². The predicted octanol–water partition coefficient (Wildman–Crippen LogP) is 4.32. The summed E-state index contributed by atoms with van der Waals surface area (Å²) < 4.78 is 28.2. The van der Waals surface area contributed by atoms with E-state index in [0.29, 0.717) is 36.1 Å². The molecule has 0 N–H and O–H groups in total. The summed E-state index contributed by atoms with van der Waals surface area (Å²) in [5.74, 6) is 0.662. The van der Waals surface area contributed by atoms with E-state index in [0.717, 1.165) is 29.7 Å². The van der Waals surface area contributed by atoms with E-state index in [1.165, 1.54) is 21.2 Å². The monoisotopic (exact) mass is 496 g/mol. The van der Waals surface area contributed by atoms with Crippen LogP contribution >= 0.6 is 27.3 Å². The van der Waals surface area contributed by atoms with Crippen LogP contribution in [0.3, 0.4) is 0 Å². The number of nitrogens with zero attached hydrogens (tertiary/aromatic N) is 2. The first-order valence-electron chi connectivity index (χ1n) is 10.0. The van der Waals surface area contributed by atoms with E-state index < -0.39 is 10.0 Å². The Balaban J connectivity index is 1.31. The standard InChI is InChI=1S/C21H25BrN2O3S2/c22-19-6-7-20(28-19)29(26,27)24-14-10-18(11-15-24)21(25)23-12-8-17(9-13-23)16-4-2-1-3-5-16/h1-7,17-18H,8-15H2. The molecular weight excluding hydrogens is 472 g/mol. The van der Waals surface area contributed by atoms with E-state index in [4.69, 9.17) is 0 Å². The van der Waals surface area contributed by atoms with Crippen molar-refractivity contribution in [2.24, 2.45) is 5.92 Å². The lowest BCUT2D eigenvalue weighted by molar-refractivity contribution is -0.137. The van der Waals surface area contributed by atoms with Gasteiger partial charge in [0, 0.05) is 32.1 Å². The molecule has 0 atom stereocenters. The summed E-state index contributed by atoms with van der Waals surface area (Å²) in [7, 11) is -3.46. The number of likely N-dealkylation sites (tertiary alicyclic amines) is 1. The molecule has 5 nitrogen and oxygen atoms in total. The van der Waals surface area contributed by atoms with Crippen molar-refractivity contribution < 1.29 is 13.2 Å². The molecule has 0 unspecified atom stereocenters. The van der Waals surface area contributed by atoms with Crippen LogP contribution in [0.25, 0.3) is 0 Å². The highest BCUT2D eigenvalue weighted by molar-refractivity contribution is 9.11. The Morgan fingerprint density at radius 3 is 2.17 bits per heavy atom. The van der Waals surface area contributed by atoms with Crippen LogP contribution in [-0.4, -0.2) is 49.7 Å². The average molecular weight is 497 g/mol. The quantitative estimate of drug-likeness (QED) is 0.633. The molecule has 0 spiro atoms. The van der Waals surface area contributed by atoms with Crippen molar-refractivity contribution >= 4 is 43.2 Å². The molecule has 1 aromatic heterocycles. The zero-order valence-electron chi connectivity index (χ0n) is 16.2. The van der Waals surface area contributed by atoms with Gasteiger partial charge < -0.3 is 4.90 Å². The van der Waals surface area contributed by atoms with Crippen LogP contribution in [0, 0.1) is 5.92 Å². The van der Waals surface area contributed by atoms with E-state index in [9.17, 15) is 13.2 Å². The van der Waals surface area contributed by atoms with Crippen molar-refractivity contribution in [2.75, 3.05) is 26.2 Å². The number of rotatable bonds is 4. The van der Waals surface area contributed by atoms with Gasteiger partial charge in [0.25, 0.3) is 10.0 Å². The lowest BCUT2D eigenvalue weighted by Crippen LogP contribution is -2.46. The molecule has 3 heterocycles. The minimum atomic E-state index is -3.46. The molecule has 1 aromatic carbocycles. The highest BCUT2D eigenvalue weighted by atomic mass is 79.9. The first-order valence-corrected chi connectivity index (χ1v) is 13.1. The Labute approximate surface area is 184 Å². The molecule has 2 aliphatic rings. The average Bonchev–Trinajstić information content (AvgIpc) is 3.21.